The molecule has 17 heavy (non-hydrogen) atoms. The van der Waals surface area contributed by atoms with Crippen molar-refractivity contribution in [2.75, 3.05) is 6.61 Å². The molecule has 1 aliphatic heterocycles. The van der Waals surface area contributed by atoms with Gasteiger partial charge in [-0.05, 0) is 18.6 Å². The zero-order chi connectivity index (χ0) is 12.1. The fraction of sp³-hybridized carbons (Fsp3) is 0.429. The standard InChI is InChI=1S/C14H18O3/c1-11(15)13-7-8-17-14(13)10-16-9-12-5-3-2-4-6-12/h2-8,11,13-15H,9-10H2,1H3/t11-,13+,14+/m0/s1. The van der Waals surface area contributed by atoms with Crippen LogP contribution < -0.4 is 0 Å². The third kappa shape index (κ3) is 3.32. The van der Waals surface area contributed by atoms with E-state index in [1.54, 1.807) is 13.2 Å². The Morgan fingerprint density at radius 3 is 2.82 bits per heavy atom. The highest BCUT2D eigenvalue weighted by Crippen LogP contribution is 2.21. The fourth-order valence-corrected chi connectivity index (χ4v) is 1.94. The number of hydrogen-bond acceptors (Lipinski definition) is 3. The van der Waals surface area contributed by atoms with Crippen molar-refractivity contribution in [3.63, 3.8) is 0 Å². The second-order valence-electron chi connectivity index (χ2n) is 4.32. The number of ether oxygens (including phenoxy) is 2. The normalized spacial score (nSPS) is 24.6. The summed E-state index contributed by atoms with van der Waals surface area (Å²) in [5, 5.41) is 9.55. The van der Waals surface area contributed by atoms with Crippen molar-refractivity contribution in [2.45, 2.75) is 25.7 Å². The molecule has 1 aliphatic rings. The topological polar surface area (TPSA) is 38.7 Å². The first-order valence-corrected chi connectivity index (χ1v) is 5.89. The van der Waals surface area contributed by atoms with Crippen LogP contribution in [0, 0.1) is 5.92 Å². The van der Waals surface area contributed by atoms with Gasteiger partial charge in [-0.1, -0.05) is 30.3 Å². The molecule has 0 spiro atoms. The number of aliphatic hydroxyl groups is 1. The molecule has 0 aliphatic carbocycles. The highest BCUT2D eigenvalue weighted by Gasteiger charge is 2.28. The molecule has 0 aromatic heterocycles. The molecule has 0 saturated heterocycles. The second-order valence-corrected chi connectivity index (χ2v) is 4.32. The molecule has 1 aromatic carbocycles. The van der Waals surface area contributed by atoms with Gasteiger partial charge in [0.05, 0.1) is 25.6 Å². The molecule has 0 radical (unpaired) electrons. The first kappa shape index (κ1) is 12.1. The largest absolute Gasteiger partial charge is 0.495 e. The maximum absolute atomic E-state index is 9.55. The van der Waals surface area contributed by atoms with Gasteiger partial charge >= 0.3 is 0 Å². The van der Waals surface area contributed by atoms with Gasteiger partial charge in [0.25, 0.3) is 0 Å². The van der Waals surface area contributed by atoms with E-state index < -0.39 is 6.10 Å². The van der Waals surface area contributed by atoms with Crippen LogP contribution in [0.1, 0.15) is 12.5 Å². The Morgan fingerprint density at radius 1 is 1.35 bits per heavy atom. The molecule has 3 atom stereocenters. The maximum atomic E-state index is 9.55. The van der Waals surface area contributed by atoms with Crippen LogP contribution >= 0.6 is 0 Å². The average Bonchev–Trinajstić information content (AvgIpc) is 2.79. The van der Waals surface area contributed by atoms with Crippen LogP contribution in [0.5, 0.6) is 0 Å². The minimum Gasteiger partial charge on any atom is -0.495 e. The lowest BCUT2D eigenvalue weighted by atomic mass is 9.99. The Bertz CT molecular complexity index is 359. The zero-order valence-electron chi connectivity index (χ0n) is 9.95. The third-order valence-electron chi connectivity index (χ3n) is 2.93. The van der Waals surface area contributed by atoms with E-state index in [-0.39, 0.29) is 12.0 Å². The number of aliphatic hydroxyl groups excluding tert-OH is 1. The second kappa shape index (κ2) is 5.84. The van der Waals surface area contributed by atoms with E-state index in [0.29, 0.717) is 13.2 Å². The molecule has 0 bridgehead atoms. The molecule has 2 rings (SSSR count). The minimum atomic E-state index is -0.404. The Morgan fingerprint density at radius 2 is 2.12 bits per heavy atom. The molecule has 0 amide bonds. The van der Waals surface area contributed by atoms with Crippen LogP contribution in [0.2, 0.25) is 0 Å². The van der Waals surface area contributed by atoms with Crippen LogP contribution in [0.4, 0.5) is 0 Å². The van der Waals surface area contributed by atoms with Crippen LogP contribution in [0.3, 0.4) is 0 Å². The van der Waals surface area contributed by atoms with E-state index in [2.05, 4.69) is 0 Å². The van der Waals surface area contributed by atoms with Crippen molar-refractivity contribution in [1.82, 2.24) is 0 Å². The summed E-state index contributed by atoms with van der Waals surface area (Å²) in [7, 11) is 0. The van der Waals surface area contributed by atoms with Gasteiger partial charge in [-0.2, -0.15) is 0 Å². The van der Waals surface area contributed by atoms with E-state index in [0.717, 1.165) is 5.56 Å². The van der Waals surface area contributed by atoms with Gasteiger partial charge in [-0.3, -0.25) is 0 Å². The summed E-state index contributed by atoms with van der Waals surface area (Å²) < 4.78 is 11.0. The van der Waals surface area contributed by atoms with Crippen molar-refractivity contribution in [2.24, 2.45) is 5.92 Å². The lowest BCUT2D eigenvalue weighted by Crippen LogP contribution is -2.30. The SMILES string of the molecule is C[C@H](O)[C@H]1C=CO[C@@H]1COCc1ccccc1. The number of rotatable bonds is 5. The molecule has 3 heteroatoms. The molecule has 0 unspecified atom stereocenters. The van der Waals surface area contributed by atoms with Crippen molar-refractivity contribution in [3.8, 4) is 0 Å². The highest BCUT2D eigenvalue weighted by molar-refractivity contribution is 5.13. The monoisotopic (exact) mass is 234 g/mol. The van der Waals surface area contributed by atoms with Crippen LogP contribution in [0.15, 0.2) is 42.7 Å². The summed E-state index contributed by atoms with van der Waals surface area (Å²) in [6, 6.07) is 10.0. The Hall–Kier alpha value is -1.32. The Balaban J connectivity index is 1.76. The summed E-state index contributed by atoms with van der Waals surface area (Å²) in [5.74, 6) is 0.0331. The first-order chi connectivity index (χ1) is 8.27. The molecule has 92 valence electrons. The smallest absolute Gasteiger partial charge is 0.130 e. The molecule has 3 nitrogen and oxygen atoms in total. The summed E-state index contributed by atoms with van der Waals surface area (Å²) in [6.45, 7) is 2.85. The van der Waals surface area contributed by atoms with Gasteiger partial charge < -0.3 is 14.6 Å². The van der Waals surface area contributed by atoms with Crippen molar-refractivity contribution < 1.29 is 14.6 Å². The quantitative estimate of drug-likeness (QED) is 0.848. The van der Waals surface area contributed by atoms with Crippen molar-refractivity contribution >= 4 is 0 Å². The Labute approximate surface area is 102 Å². The van der Waals surface area contributed by atoms with Crippen molar-refractivity contribution in [1.29, 1.82) is 0 Å². The first-order valence-electron chi connectivity index (χ1n) is 5.89. The van der Waals surface area contributed by atoms with Gasteiger partial charge in [0, 0.05) is 5.92 Å². The molecule has 0 saturated carbocycles. The zero-order valence-corrected chi connectivity index (χ0v) is 9.95. The third-order valence-corrected chi connectivity index (χ3v) is 2.93. The highest BCUT2D eigenvalue weighted by atomic mass is 16.5. The predicted octanol–water partition coefficient (Wildman–Crippen LogP) is 2.11. The molecular formula is C14H18O3. The minimum absolute atomic E-state index is 0.0331. The molecule has 0 fully saturated rings. The van der Waals surface area contributed by atoms with E-state index in [9.17, 15) is 5.11 Å². The molecular weight excluding hydrogens is 216 g/mol. The Kier molecular flexibility index (Phi) is 4.18. The maximum Gasteiger partial charge on any atom is 0.130 e. The summed E-state index contributed by atoms with van der Waals surface area (Å²) in [4.78, 5) is 0. The lowest BCUT2D eigenvalue weighted by Gasteiger charge is -2.20. The van der Waals surface area contributed by atoms with Crippen LogP contribution in [0.25, 0.3) is 0 Å². The summed E-state index contributed by atoms with van der Waals surface area (Å²) in [5.41, 5.74) is 1.15. The number of benzene rings is 1. The van der Waals surface area contributed by atoms with Gasteiger partial charge in [-0.25, -0.2) is 0 Å². The van der Waals surface area contributed by atoms with Crippen molar-refractivity contribution in [3.05, 3.63) is 48.2 Å². The number of hydrogen-bond donors (Lipinski definition) is 1. The van der Waals surface area contributed by atoms with Crippen LogP contribution in [-0.4, -0.2) is 23.9 Å². The predicted molar refractivity (Wildman–Crippen MR) is 65.3 cm³/mol. The lowest BCUT2D eigenvalue weighted by molar-refractivity contribution is -0.0130. The van der Waals surface area contributed by atoms with Gasteiger partial charge in [-0.15, -0.1) is 0 Å². The van der Waals surface area contributed by atoms with Crippen LogP contribution in [-0.2, 0) is 16.1 Å². The fourth-order valence-electron chi connectivity index (χ4n) is 1.94. The van der Waals surface area contributed by atoms with Gasteiger partial charge in [0.2, 0.25) is 0 Å². The van der Waals surface area contributed by atoms with E-state index in [4.69, 9.17) is 9.47 Å². The summed E-state index contributed by atoms with van der Waals surface area (Å²) in [6.07, 6.45) is 3.06. The summed E-state index contributed by atoms with van der Waals surface area (Å²) >= 11 is 0. The van der Waals surface area contributed by atoms with Gasteiger partial charge in [0.1, 0.15) is 6.10 Å². The molecule has 1 heterocycles. The van der Waals surface area contributed by atoms with E-state index >= 15 is 0 Å². The average molecular weight is 234 g/mol. The molecule has 1 aromatic rings. The van der Waals surface area contributed by atoms with E-state index in [1.807, 2.05) is 36.4 Å². The van der Waals surface area contributed by atoms with Gasteiger partial charge in [0.15, 0.2) is 0 Å². The van der Waals surface area contributed by atoms with E-state index in [1.165, 1.54) is 0 Å². The molecule has 1 N–H and O–H groups in total.